The molecule has 2 unspecified atom stereocenters. The van der Waals surface area contributed by atoms with Gasteiger partial charge in [-0.2, -0.15) is 0 Å². The van der Waals surface area contributed by atoms with Crippen molar-refractivity contribution in [3.63, 3.8) is 0 Å². The van der Waals surface area contributed by atoms with E-state index in [0.29, 0.717) is 6.42 Å². The minimum absolute atomic E-state index is 0.0621. The maximum atomic E-state index is 11.7. The van der Waals surface area contributed by atoms with Crippen LogP contribution in [0.1, 0.15) is 41.1 Å². The Morgan fingerprint density at radius 1 is 1.35 bits per heavy atom. The Morgan fingerprint density at radius 2 is 2.17 bits per heavy atom. The summed E-state index contributed by atoms with van der Waals surface area (Å²) in [5, 5.41) is 9.58. The predicted octanol–water partition coefficient (Wildman–Crippen LogP) is 3.34. The number of carboxylic acids is 1. The standard InChI is InChI=1S/C19H22N2O2/c1-13-7-8-16(14(2)11-13)18(15-5-3-9-20-12-15)21-10-4-6-17(21)19(22)23/h3,5,7-9,11-12,17-18H,4,6,10H2,1-2H3,(H,22,23). The first-order chi connectivity index (χ1) is 11.1. The van der Waals surface area contributed by atoms with Gasteiger partial charge in [0, 0.05) is 18.9 Å². The average molecular weight is 310 g/mol. The number of hydrogen-bond donors (Lipinski definition) is 1. The summed E-state index contributed by atoms with van der Waals surface area (Å²) in [6.07, 6.45) is 5.22. The Labute approximate surface area is 136 Å². The molecule has 0 bridgehead atoms. The molecule has 1 aliphatic rings. The maximum absolute atomic E-state index is 11.7. The lowest BCUT2D eigenvalue weighted by atomic mass is 9.93. The second-order valence-corrected chi connectivity index (χ2v) is 6.28. The van der Waals surface area contributed by atoms with Crippen LogP contribution in [0.25, 0.3) is 0 Å². The van der Waals surface area contributed by atoms with E-state index in [-0.39, 0.29) is 6.04 Å². The Hall–Kier alpha value is -2.20. The normalized spacial score (nSPS) is 19.7. The SMILES string of the molecule is Cc1ccc(C(c2cccnc2)N2CCCC2C(=O)O)c(C)c1. The van der Waals surface area contributed by atoms with Gasteiger partial charge >= 0.3 is 5.97 Å². The Morgan fingerprint density at radius 3 is 2.83 bits per heavy atom. The average Bonchev–Trinajstić information content (AvgIpc) is 3.00. The molecule has 4 nitrogen and oxygen atoms in total. The third-order valence-corrected chi connectivity index (χ3v) is 4.63. The number of hydrogen-bond acceptors (Lipinski definition) is 3. The second kappa shape index (κ2) is 6.50. The van der Waals surface area contributed by atoms with Gasteiger partial charge in [0.05, 0.1) is 6.04 Å². The number of pyridine rings is 1. The van der Waals surface area contributed by atoms with Crippen LogP contribution in [0.3, 0.4) is 0 Å². The molecule has 1 fully saturated rings. The summed E-state index contributed by atoms with van der Waals surface area (Å²) in [7, 11) is 0. The van der Waals surface area contributed by atoms with Gasteiger partial charge in [-0.3, -0.25) is 14.7 Å². The fourth-order valence-corrected chi connectivity index (χ4v) is 3.58. The molecule has 1 aromatic carbocycles. The highest BCUT2D eigenvalue weighted by Gasteiger charge is 2.37. The summed E-state index contributed by atoms with van der Waals surface area (Å²) in [6.45, 7) is 4.97. The lowest BCUT2D eigenvalue weighted by molar-refractivity contribution is -0.142. The third kappa shape index (κ3) is 3.13. The zero-order chi connectivity index (χ0) is 16.4. The van der Waals surface area contributed by atoms with Gasteiger partial charge in [0.1, 0.15) is 6.04 Å². The first-order valence-electron chi connectivity index (χ1n) is 8.03. The number of carboxylic acid groups (broad SMARTS) is 1. The maximum Gasteiger partial charge on any atom is 0.320 e. The topological polar surface area (TPSA) is 53.4 Å². The van der Waals surface area contributed by atoms with Crippen LogP contribution in [0.15, 0.2) is 42.7 Å². The van der Waals surface area contributed by atoms with Crippen molar-refractivity contribution < 1.29 is 9.90 Å². The largest absolute Gasteiger partial charge is 0.480 e. The van der Waals surface area contributed by atoms with Crippen LogP contribution >= 0.6 is 0 Å². The van der Waals surface area contributed by atoms with Gasteiger partial charge in [0.2, 0.25) is 0 Å². The molecule has 2 heterocycles. The van der Waals surface area contributed by atoms with Crippen molar-refractivity contribution in [3.8, 4) is 0 Å². The van der Waals surface area contributed by atoms with E-state index in [1.165, 1.54) is 11.1 Å². The van der Waals surface area contributed by atoms with Crippen LogP contribution < -0.4 is 0 Å². The molecule has 0 saturated carbocycles. The van der Waals surface area contributed by atoms with E-state index in [1.807, 2.05) is 18.3 Å². The van der Waals surface area contributed by atoms with Crippen molar-refractivity contribution in [1.82, 2.24) is 9.88 Å². The number of benzene rings is 1. The van der Waals surface area contributed by atoms with Crippen LogP contribution in [0.5, 0.6) is 0 Å². The van der Waals surface area contributed by atoms with Crippen LogP contribution in [0.4, 0.5) is 0 Å². The van der Waals surface area contributed by atoms with Crippen molar-refractivity contribution in [2.45, 2.75) is 38.8 Å². The molecule has 2 atom stereocenters. The molecule has 1 aliphatic heterocycles. The van der Waals surface area contributed by atoms with E-state index in [1.54, 1.807) is 6.20 Å². The fraction of sp³-hybridized carbons (Fsp3) is 0.368. The number of aliphatic carboxylic acids is 1. The van der Waals surface area contributed by atoms with Crippen LogP contribution in [-0.4, -0.2) is 33.5 Å². The van der Waals surface area contributed by atoms with Crippen molar-refractivity contribution in [3.05, 3.63) is 65.0 Å². The van der Waals surface area contributed by atoms with Crippen LogP contribution in [-0.2, 0) is 4.79 Å². The Balaban J connectivity index is 2.09. The molecule has 120 valence electrons. The predicted molar refractivity (Wildman–Crippen MR) is 89.4 cm³/mol. The molecule has 0 spiro atoms. The van der Waals surface area contributed by atoms with Gasteiger partial charge in [0.15, 0.2) is 0 Å². The van der Waals surface area contributed by atoms with E-state index < -0.39 is 12.0 Å². The van der Waals surface area contributed by atoms with Gasteiger partial charge in [-0.25, -0.2) is 0 Å². The smallest absolute Gasteiger partial charge is 0.320 e. The minimum Gasteiger partial charge on any atom is -0.480 e. The monoisotopic (exact) mass is 310 g/mol. The minimum atomic E-state index is -0.735. The van der Waals surface area contributed by atoms with Gasteiger partial charge in [-0.15, -0.1) is 0 Å². The molecule has 1 N–H and O–H groups in total. The van der Waals surface area contributed by atoms with Gasteiger partial charge < -0.3 is 5.11 Å². The number of aryl methyl sites for hydroxylation is 2. The van der Waals surface area contributed by atoms with Gasteiger partial charge in [-0.1, -0.05) is 29.8 Å². The summed E-state index contributed by atoms with van der Waals surface area (Å²) in [4.78, 5) is 18.0. The summed E-state index contributed by atoms with van der Waals surface area (Å²) in [5.74, 6) is -0.735. The lowest BCUT2D eigenvalue weighted by Crippen LogP contribution is -2.39. The van der Waals surface area contributed by atoms with E-state index in [0.717, 1.165) is 24.1 Å². The Bertz CT molecular complexity index is 700. The molecule has 1 aromatic heterocycles. The number of likely N-dealkylation sites (tertiary alicyclic amines) is 1. The van der Waals surface area contributed by atoms with E-state index in [4.69, 9.17) is 0 Å². The van der Waals surface area contributed by atoms with E-state index in [2.05, 4.69) is 41.9 Å². The highest BCUT2D eigenvalue weighted by Crippen LogP contribution is 2.36. The number of nitrogens with zero attached hydrogens (tertiary/aromatic N) is 2. The molecule has 23 heavy (non-hydrogen) atoms. The van der Waals surface area contributed by atoms with Crippen LogP contribution in [0.2, 0.25) is 0 Å². The van der Waals surface area contributed by atoms with Gasteiger partial charge in [0.25, 0.3) is 0 Å². The highest BCUT2D eigenvalue weighted by atomic mass is 16.4. The molecule has 0 amide bonds. The van der Waals surface area contributed by atoms with Crippen molar-refractivity contribution in [2.24, 2.45) is 0 Å². The molecule has 0 radical (unpaired) electrons. The van der Waals surface area contributed by atoms with Crippen LogP contribution in [0, 0.1) is 13.8 Å². The van der Waals surface area contributed by atoms with E-state index in [9.17, 15) is 9.90 Å². The molecule has 0 aliphatic carbocycles. The number of rotatable bonds is 4. The molecule has 3 rings (SSSR count). The fourth-order valence-electron chi connectivity index (χ4n) is 3.58. The number of carbonyl (C=O) groups is 1. The summed E-state index contributed by atoms with van der Waals surface area (Å²) in [5.41, 5.74) is 4.62. The van der Waals surface area contributed by atoms with Crippen molar-refractivity contribution in [1.29, 1.82) is 0 Å². The first kappa shape index (κ1) is 15.7. The molecule has 2 aromatic rings. The van der Waals surface area contributed by atoms with Gasteiger partial charge in [-0.05, 0) is 49.4 Å². The zero-order valence-corrected chi connectivity index (χ0v) is 13.6. The first-order valence-corrected chi connectivity index (χ1v) is 8.03. The Kier molecular flexibility index (Phi) is 4.44. The molecular formula is C19H22N2O2. The second-order valence-electron chi connectivity index (χ2n) is 6.28. The third-order valence-electron chi connectivity index (χ3n) is 4.63. The molecule has 4 heteroatoms. The summed E-state index contributed by atoms with van der Waals surface area (Å²) >= 11 is 0. The summed E-state index contributed by atoms with van der Waals surface area (Å²) < 4.78 is 0. The van der Waals surface area contributed by atoms with E-state index >= 15 is 0 Å². The zero-order valence-electron chi connectivity index (χ0n) is 13.6. The summed E-state index contributed by atoms with van der Waals surface area (Å²) in [6, 6.07) is 9.84. The quantitative estimate of drug-likeness (QED) is 0.941. The van der Waals surface area contributed by atoms with Crippen molar-refractivity contribution in [2.75, 3.05) is 6.54 Å². The molecular weight excluding hydrogens is 288 g/mol. The van der Waals surface area contributed by atoms with Crippen molar-refractivity contribution >= 4 is 5.97 Å². The number of aromatic nitrogens is 1. The highest BCUT2D eigenvalue weighted by molar-refractivity contribution is 5.74. The lowest BCUT2D eigenvalue weighted by Gasteiger charge is -2.32. The molecule has 1 saturated heterocycles.